The Morgan fingerprint density at radius 3 is 2.40 bits per heavy atom. The van der Waals surface area contributed by atoms with E-state index in [1.165, 1.54) is 5.56 Å². The number of amides is 1. The molecule has 2 N–H and O–H groups in total. The van der Waals surface area contributed by atoms with Crippen molar-refractivity contribution < 1.29 is 9.36 Å². The molecule has 98 valence electrons. The minimum Gasteiger partial charge on any atom is -0.365 e. The smallest absolute Gasteiger partial charge is 0.255 e. The molecule has 0 bridgehead atoms. The molecule has 0 spiro atoms. The summed E-state index contributed by atoms with van der Waals surface area (Å²) in [4.78, 5) is 11.6. The van der Waals surface area contributed by atoms with Crippen LogP contribution in [0.15, 0.2) is 67.0 Å². The molecule has 2 aromatic carbocycles. The highest BCUT2D eigenvalue weighted by Crippen LogP contribution is 2.16. The highest BCUT2D eigenvalue weighted by molar-refractivity contribution is 6.05. The second-order valence-corrected chi connectivity index (χ2v) is 4.78. The Morgan fingerprint density at radius 1 is 0.950 bits per heavy atom. The van der Waals surface area contributed by atoms with Crippen LogP contribution in [-0.4, -0.2) is 5.91 Å². The summed E-state index contributed by atoms with van der Waals surface area (Å²) in [5, 5.41) is 1.91. The van der Waals surface area contributed by atoms with Crippen molar-refractivity contribution in [2.45, 2.75) is 6.54 Å². The van der Waals surface area contributed by atoms with Crippen LogP contribution in [0.1, 0.15) is 15.9 Å². The summed E-state index contributed by atoms with van der Waals surface area (Å²) in [7, 11) is 0. The monoisotopic (exact) mass is 263 g/mol. The molecule has 0 atom stereocenters. The number of primary amides is 1. The van der Waals surface area contributed by atoms with Gasteiger partial charge in [-0.3, -0.25) is 4.79 Å². The predicted molar refractivity (Wildman–Crippen MR) is 78.2 cm³/mol. The van der Waals surface area contributed by atoms with Gasteiger partial charge in [0.05, 0.1) is 0 Å². The largest absolute Gasteiger partial charge is 0.365 e. The first kappa shape index (κ1) is 12.4. The molecular formula is C17H15N2O+. The lowest BCUT2D eigenvalue weighted by molar-refractivity contribution is -0.687. The van der Waals surface area contributed by atoms with Gasteiger partial charge in [0, 0.05) is 16.3 Å². The molecular weight excluding hydrogens is 248 g/mol. The van der Waals surface area contributed by atoms with E-state index in [0.717, 1.165) is 10.8 Å². The zero-order valence-corrected chi connectivity index (χ0v) is 11.0. The standard InChI is InChI=1S/C17H14N2O/c18-17(20)16-12-19(10-13-6-2-1-3-7-13)11-14-8-4-5-9-15(14)16/h1-9,11-12H,10H2,(H-,18,20)/p+1. The van der Waals surface area contributed by atoms with E-state index in [4.69, 9.17) is 5.73 Å². The van der Waals surface area contributed by atoms with Crippen molar-refractivity contribution >= 4 is 16.7 Å². The lowest BCUT2D eigenvalue weighted by Gasteiger charge is -2.04. The molecule has 0 unspecified atom stereocenters. The van der Waals surface area contributed by atoms with Crippen molar-refractivity contribution in [3.63, 3.8) is 0 Å². The van der Waals surface area contributed by atoms with Crippen molar-refractivity contribution in [3.8, 4) is 0 Å². The Kier molecular flexibility index (Phi) is 3.17. The maximum absolute atomic E-state index is 11.6. The van der Waals surface area contributed by atoms with Crippen molar-refractivity contribution in [2.75, 3.05) is 0 Å². The van der Waals surface area contributed by atoms with Gasteiger partial charge in [0.1, 0.15) is 5.56 Å². The van der Waals surface area contributed by atoms with Gasteiger partial charge in [-0.25, -0.2) is 0 Å². The van der Waals surface area contributed by atoms with E-state index < -0.39 is 5.91 Å². The van der Waals surface area contributed by atoms with Crippen LogP contribution in [0.2, 0.25) is 0 Å². The number of benzene rings is 2. The van der Waals surface area contributed by atoms with Gasteiger partial charge in [-0.05, 0) is 6.07 Å². The Hall–Kier alpha value is -2.68. The van der Waals surface area contributed by atoms with Crippen molar-refractivity contribution in [2.24, 2.45) is 5.73 Å². The average molecular weight is 263 g/mol. The van der Waals surface area contributed by atoms with E-state index in [2.05, 4.69) is 12.1 Å². The molecule has 0 fully saturated rings. The number of nitrogens with zero attached hydrogens (tertiary/aromatic N) is 1. The fourth-order valence-corrected chi connectivity index (χ4v) is 2.39. The lowest BCUT2D eigenvalue weighted by Crippen LogP contribution is -2.35. The predicted octanol–water partition coefficient (Wildman–Crippen LogP) is 2.27. The number of pyridine rings is 1. The highest BCUT2D eigenvalue weighted by atomic mass is 16.1. The Bertz CT molecular complexity index is 766. The molecule has 20 heavy (non-hydrogen) atoms. The molecule has 1 heterocycles. The number of fused-ring (bicyclic) bond motifs is 1. The summed E-state index contributed by atoms with van der Waals surface area (Å²) in [5.41, 5.74) is 7.23. The molecule has 3 heteroatoms. The van der Waals surface area contributed by atoms with Gasteiger partial charge in [-0.15, -0.1) is 0 Å². The second kappa shape index (κ2) is 5.13. The van der Waals surface area contributed by atoms with E-state index in [1.54, 1.807) is 0 Å². The molecule has 0 aliphatic rings. The summed E-state index contributed by atoms with van der Waals surface area (Å²) in [6, 6.07) is 17.9. The fourth-order valence-electron chi connectivity index (χ4n) is 2.39. The van der Waals surface area contributed by atoms with E-state index >= 15 is 0 Å². The third-order valence-electron chi connectivity index (χ3n) is 3.32. The summed E-state index contributed by atoms with van der Waals surface area (Å²) in [6.07, 6.45) is 3.85. The van der Waals surface area contributed by atoms with Crippen LogP contribution in [0.3, 0.4) is 0 Å². The molecule has 3 nitrogen and oxygen atoms in total. The van der Waals surface area contributed by atoms with Gasteiger partial charge >= 0.3 is 0 Å². The normalized spacial score (nSPS) is 10.6. The van der Waals surface area contributed by atoms with E-state index in [9.17, 15) is 4.79 Å². The summed E-state index contributed by atoms with van der Waals surface area (Å²) < 4.78 is 2.00. The SMILES string of the molecule is NC(=O)c1c[n+](Cc2ccccc2)cc2ccccc12. The molecule has 0 saturated carbocycles. The average Bonchev–Trinajstić information content (AvgIpc) is 2.47. The van der Waals surface area contributed by atoms with Crippen molar-refractivity contribution in [1.29, 1.82) is 0 Å². The topological polar surface area (TPSA) is 47.0 Å². The molecule has 0 aliphatic heterocycles. The number of hydrogen-bond donors (Lipinski definition) is 1. The van der Waals surface area contributed by atoms with Gasteiger partial charge in [0.25, 0.3) is 5.91 Å². The molecule has 0 radical (unpaired) electrons. The number of carbonyl (C=O) groups excluding carboxylic acids is 1. The zero-order valence-electron chi connectivity index (χ0n) is 11.0. The quantitative estimate of drug-likeness (QED) is 0.724. The molecule has 0 saturated heterocycles. The van der Waals surface area contributed by atoms with Crippen LogP contribution < -0.4 is 10.3 Å². The van der Waals surface area contributed by atoms with E-state index in [0.29, 0.717) is 12.1 Å². The van der Waals surface area contributed by atoms with Gasteiger partial charge in [0.15, 0.2) is 18.9 Å². The van der Waals surface area contributed by atoms with Crippen LogP contribution in [0, 0.1) is 0 Å². The van der Waals surface area contributed by atoms with Gasteiger partial charge in [-0.2, -0.15) is 4.57 Å². The maximum Gasteiger partial charge on any atom is 0.255 e. The first-order chi connectivity index (χ1) is 9.74. The number of hydrogen-bond acceptors (Lipinski definition) is 1. The molecule has 1 aromatic heterocycles. The molecule has 3 aromatic rings. The number of aromatic nitrogens is 1. The van der Waals surface area contributed by atoms with E-state index in [1.807, 2.05) is 59.4 Å². The first-order valence-electron chi connectivity index (χ1n) is 6.49. The summed E-state index contributed by atoms with van der Waals surface area (Å²) >= 11 is 0. The summed E-state index contributed by atoms with van der Waals surface area (Å²) in [5.74, 6) is -0.399. The van der Waals surface area contributed by atoms with Crippen molar-refractivity contribution in [1.82, 2.24) is 0 Å². The number of rotatable bonds is 3. The third-order valence-corrected chi connectivity index (χ3v) is 3.32. The van der Waals surface area contributed by atoms with Gasteiger partial charge in [-0.1, -0.05) is 48.5 Å². The van der Waals surface area contributed by atoms with Crippen LogP contribution in [0.25, 0.3) is 10.8 Å². The van der Waals surface area contributed by atoms with Gasteiger partial charge < -0.3 is 5.73 Å². The zero-order chi connectivity index (χ0) is 13.9. The Labute approximate surface area is 117 Å². The highest BCUT2D eigenvalue weighted by Gasteiger charge is 2.14. The lowest BCUT2D eigenvalue weighted by atomic mass is 10.1. The number of carbonyl (C=O) groups is 1. The Morgan fingerprint density at radius 2 is 1.65 bits per heavy atom. The van der Waals surface area contributed by atoms with Crippen LogP contribution in [0.5, 0.6) is 0 Å². The molecule has 3 rings (SSSR count). The van der Waals surface area contributed by atoms with Gasteiger partial charge in [0.2, 0.25) is 0 Å². The molecule has 1 amide bonds. The van der Waals surface area contributed by atoms with Crippen molar-refractivity contribution in [3.05, 3.63) is 78.1 Å². The first-order valence-corrected chi connectivity index (χ1v) is 6.49. The van der Waals surface area contributed by atoms with Crippen LogP contribution in [0.4, 0.5) is 0 Å². The summed E-state index contributed by atoms with van der Waals surface area (Å²) in [6.45, 7) is 0.714. The third kappa shape index (κ3) is 2.38. The number of nitrogens with two attached hydrogens (primary N) is 1. The van der Waals surface area contributed by atoms with E-state index in [-0.39, 0.29) is 0 Å². The Balaban J connectivity index is 2.10. The second-order valence-electron chi connectivity index (χ2n) is 4.78. The minimum absolute atomic E-state index is 0.399. The van der Waals surface area contributed by atoms with Crippen LogP contribution in [-0.2, 0) is 6.54 Å². The molecule has 0 aliphatic carbocycles. The minimum atomic E-state index is -0.399. The van der Waals surface area contributed by atoms with Crippen LogP contribution >= 0.6 is 0 Å². The maximum atomic E-state index is 11.6. The fraction of sp³-hybridized carbons (Fsp3) is 0.0588.